The van der Waals surface area contributed by atoms with Crippen LogP contribution in [0.4, 0.5) is 26.3 Å². The second kappa shape index (κ2) is 9.51. The zero-order valence-electron chi connectivity index (χ0n) is 19.6. The number of pyridine rings is 1. The number of hydrogen-bond donors (Lipinski definition) is 1. The predicted octanol–water partition coefficient (Wildman–Crippen LogP) is 7.16. The summed E-state index contributed by atoms with van der Waals surface area (Å²) < 4.78 is 81.0. The number of carbonyl (C=O) groups excluding carboxylic acids is 1. The number of hydrogen-bond acceptors (Lipinski definition) is 2. The molecule has 3 aromatic carbocycles. The second-order valence-corrected chi connectivity index (χ2v) is 8.70. The van der Waals surface area contributed by atoms with Crippen LogP contribution in [-0.2, 0) is 18.8 Å². The van der Waals surface area contributed by atoms with Gasteiger partial charge in [0.25, 0.3) is 5.91 Å². The number of para-hydroxylation sites is 1. The quantitative estimate of drug-likeness (QED) is 0.247. The Bertz CT molecular complexity index is 1610. The van der Waals surface area contributed by atoms with Crippen LogP contribution in [0.25, 0.3) is 27.5 Å². The first kappa shape index (κ1) is 25.3. The van der Waals surface area contributed by atoms with Crippen LogP contribution in [0.1, 0.15) is 27.0 Å². The van der Waals surface area contributed by atoms with Gasteiger partial charge in [-0.25, -0.2) is 4.98 Å². The summed E-state index contributed by atoms with van der Waals surface area (Å²) in [5, 5.41) is 3.46. The van der Waals surface area contributed by atoms with Crippen molar-refractivity contribution in [3.8, 4) is 11.1 Å². The summed E-state index contributed by atoms with van der Waals surface area (Å²) >= 11 is 0. The van der Waals surface area contributed by atoms with E-state index < -0.39 is 29.4 Å². The van der Waals surface area contributed by atoms with Crippen LogP contribution >= 0.6 is 0 Å². The van der Waals surface area contributed by atoms with E-state index in [9.17, 15) is 31.1 Å². The summed E-state index contributed by atoms with van der Waals surface area (Å²) in [5.41, 5.74) is 0.0649. The zero-order valence-corrected chi connectivity index (χ0v) is 19.6. The molecule has 2 aromatic heterocycles. The Morgan fingerprint density at radius 2 is 1.45 bits per heavy atom. The van der Waals surface area contributed by atoms with Crippen molar-refractivity contribution in [3.05, 3.63) is 108 Å². The maximum atomic E-state index is 13.5. The van der Waals surface area contributed by atoms with Crippen LogP contribution < -0.4 is 5.32 Å². The third kappa shape index (κ3) is 4.81. The number of nitrogens with one attached hydrogen (secondary N) is 1. The zero-order chi connectivity index (χ0) is 27.1. The molecule has 0 saturated heterocycles. The first-order chi connectivity index (χ1) is 18.0. The molecule has 0 radical (unpaired) electrons. The Kier molecular flexibility index (Phi) is 6.34. The number of rotatable bonds is 5. The van der Waals surface area contributed by atoms with Gasteiger partial charge in [0.2, 0.25) is 0 Å². The molecule has 0 spiro atoms. The summed E-state index contributed by atoms with van der Waals surface area (Å²) in [7, 11) is 0. The lowest BCUT2D eigenvalue weighted by atomic mass is 9.94. The maximum absolute atomic E-state index is 13.5. The fourth-order valence-electron chi connectivity index (χ4n) is 4.54. The second-order valence-electron chi connectivity index (χ2n) is 8.70. The van der Waals surface area contributed by atoms with Crippen molar-refractivity contribution < 1.29 is 31.1 Å². The van der Waals surface area contributed by atoms with Crippen molar-refractivity contribution in [2.45, 2.75) is 18.8 Å². The number of aromatic nitrogens is 2. The Balaban J connectivity index is 1.51. The fourth-order valence-corrected chi connectivity index (χ4v) is 4.54. The number of alkyl halides is 6. The molecule has 4 nitrogen and oxygen atoms in total. The van der Waals surface area contributed by atoms with Crippen molar-refractivity contribution in [3.63, 3.8) is 0 Å². The Labute approximate surface area is 212 Å². The molecule has 0 atom stereocenters. The third-order valence-corrected chi connectivity index (χ3v) is 6.21. The first-order valence-corrected chi connectivity index (χ1v) is 11.5. The van der Waals surface area contributed by atoms with Gasteiger partial charge in [-0.1, -0.05) is 48.5 Å². The van der Waals surface area contributed by atoms with Crippen LogP contribution in [0.5, 0.6) is 0 Å². The highest BCUT2D eigenvalue weighted by Gasteiger charge is 2.36. The van der Waals surface area contributed by atoms with E-state index in [-0.39, 0.29) is 24.6 Å². The van der Waals surface area contributed by atoms with Crippen molar-refractivity contribution >= 4 is 22.3 Å². The van der Waals surface area contributed by atoms with Crippen LogP contribution in [0.15, 0.2) is 85.3 Å². The number of benzene rings is 3. The molecule has 0 saturated carbocycles. The Morgan fingerprint density at radius 3 is 2.11 bits per heavy atom. The molecule has 1 amide bonds. The molecule has 194 valence electrons. The molecule has 38 heavy (non-hydrogen) atoms. The van der Waals surface area contributed by atoms with E-state index in [1.165, 1.54) is 6.20 Å². The lowest BCUT2D eigenvalue weighted by molar-refractivity contribution is -0.143. The van der Waals surface area contributed by atoms with E-state index in [4.69, 9.17) is 0 Å². The largest absolute Gasteiger partial charge is 0.416 e. The minimum absolute atomic E-state index is 0.0830. The van der Waals surface area contributed by atoms with E-state index in [1.807, 2.05) is 54.6 Å². The van der Waals surface area contributed by atoms with Crippen molar-refractivity contribution in [2.24, 2.45) is 0 Å². The molecule has 1 N–H and O–H groups in total. The van der Waals surface area contributed by atoms with Crippen LogP contribution in [0, 0.1) is 0 Å². The minimum Gasteiger partial charge on any atom is -0.352 e. The summed E-state index contributed by atoms with van der Waals surface area (Å²) in [6, 6.07) is 18.1. The van der Waals surface area contributed by atoms with E-state index in [1.54, 1.807) is 10.7 Å². The van der Waals surface area contributed by atoms with Crippen molar-refractivity contribution in [1.82, 2.24) is 14.7 Å². The Hall–Kier alpha value is -4.34. The highest BCUT2D eigenvalue weighted by atomic mass is 19.4. The van der Waals surface area contributed by atoms with Gasteiger partial charge in [0.1, 0.15) is 0 Å². The monoisotopic (exact) mass is 527 g/mol. The predicted molar refractivity (Wildman–Crippen MR) is 131 cm³/mol. The van der Waals surface area contributed by atoms with Crippen molar-refractivity contribution in [2.75, 3.05) is 6.54 Å². The molecular weight excluding hydrogens is 508 g/mol. The molecule has 0 fully saturated rings. The lowest BCUT2D eigenvalue weighted by Crippen LogP contribution is -2.27. The summed E-state index contributed by atoms with van der Waals surface area (Å²) in [4.78, 5) is 17.7. The number of amides is 1. The van der Waals surface area contributed by atoms with Gasteiger partial charge in [-0.15, -0.1) is 0 Å². The van der Waals surface area contributed by atoms with Crippen LogP contribution in [0.3, 0.4) is 0 Å². The average Bonchev–Trinajstić information content (AvgIpc) is 3.37. The normalized spacial score (nSPS) is 12.3. The fraction of sp³-hybridized carbons (Fsp3) is 0.143. The molecule has 2 heterocycles. The Morgan fingerprint density at radius 1 is 0.816 bits per heavy atom. The summed E-state index contributed by atoms with van der Waals surface area (Å²) in [5.74, 6) is -0.525. The molecule has 0 aliphatic carbocycles. The van der Waals surface area contributed by atoms with E-state index >= 15 is 0 Å². The van der Waals surface area contributed by atoms with Gasteiger partial charge in [0, 0.05) is 17.5 Å². The molecule has 0 bridgehead atoms. The van der Waals surface area contributed by atoms with Crippen LogP contribution in [0.2, 0.25) is 0 Å². The van der Waals surface area contributed by atoms with Gasteiger partial charge < -0.3 is 5.32 Å². The standard InChI is InChI=1S/C28H19F6N3O/c29-27(30,31)19-12-17(13-20(14-19)28(32,33)34)10-11-36-26(38)25-23-15-35-16-37(23)22-9-5-4-8-21(22)24(25)18-6-2-1-3-7-18/h1-9,12-16H,10-11H2,(H,36,38). The summed E-state index contributed by atoms with van der Waals surface area (Å²) in [6.45, 7) is -0.182. The molecule has 0 unspecified atom stereocenters. The topological polar surface area (TPSA) is 46.4 Å². The van der Waals surface area contributed by atoms with E-state index in [0.717, 1.165) is 16.5 Å². The molecule has 5 rings (SSSR count). The number of halogens is 6. The number of carbonyl (C=O) groups is 1. The van der Waals surface area contributed by atoms with Crippen molar-refractivity contribution in [1.29, 1.82) is 0 Å². The number of fused-ring (bicyclic) bond motifs is 3. The van der Waals surface area contributed by atoms with Gasteiger partial charge in [0.05, 0.1) is 40.2 Å². The third-order valence-electron chi connectivity index (χ3n) is 6.21. The SMILES string of the molecule is O=C(NCCc1cc(C(F)(F)F)cc(C(F)(F)F)c1)c1c(-c2ccccc2)c2ccccc2n2cncc12. The van der Waals surface area contributed by atoms with Gasteiger partial charge in [0.15, 0.2) is 0 Å². The highest BCUT2D eigenvalue weighted by molar-refractivity contribution is 6.14. The number of nitrogens with zero attached hydrogens (tertiary/aromatic N) is 2. The van der Waals surface area contributed by atoms with E-state index in [0.29, 0.717) is 28.8 Å². The first-order valence-electron chi connectivity index (χ1n) is 11.5. The highest BCUT2D eigenvalue weighted by Crippen LogP contribution is 2.37. The van der Waals surface area contributed by atoms with Gasteiger partial charge in [-0.05, 0) is 41.8 Å². The molecule has 10 heteroatoms. The van der Waals surface area contributed by atoms with E-state index in [2.05, 4.69) is 10.3 Å². The number of imidazole rings is 1. The molecule has 0 aliphatic heterocycles. The van der Waals surface area contributed by atoms with Crippen LogP contribution in [-0.4, -0.2) is 21.8 Å². The smallest absolute Gasteiger partial charge is 0.352 e. The van der Waals surface area contributed by atoms with Gasteiger partial charge >= 0.3 is 12.4 Å². The maximum Gasteiger partial charge on any atom is 0.416 e. The van der Waals surface area contributed by atoms with Gasteiger partial charge in [-0.2, -0.15) is 26.3 Å². The lowest BCUT2D eigenvalue weighted by Gasteiger charge is -2.17. The molecule has 5 aromatic rings. The minimum atomic E-state index is -4.94. The van der Waals surface area contributed by atoms with Gasteiger partial charge in [-0.3, -0.25) is 9.20 Å². The molecular formula is C28H19F6N3O. The average molecular weight is 527 g/mol. The molecule has 0 aliphatic rings. The summed E-state index contributed by atoms with van der Waals surface area (Å²) in [6.07, 6.45) is -7.01.